The summed E-state index contributed by atoms with van der Waals surface area (Å²) < 4.78 is 11.8. The van der Waals surface area contributed by atoms with Gasteiger partial charge in [0.2, 0.25) is 0 Å². The Morgan fingerprint density at radius 2 is 2.43 bits per heavy atom. The minimum Gasteiger partial charge on any atom is -0.301 e. The highest BCUT2D eigenvalue weighted by molar-refractivity contribution is 5.57. The van der Waals surface area contributed by atoms with E-state index in [-0.39, 0.29) is 0 Å². The molecule has 0 amide bonds. The van der Waals surface area contributed by atoms with Crippen LogP contribution in [-0.4, -0.2) is 19.4 Å². The zero-order chi connectivity index (χ0) is 5.70. The van der Waals surface area contributed by atoms with Crippen molar-refractivity contribution in [1.82, 2.24) is 0 Å². The number of hydrogen-bond donors (Lipinski definition) is 0. The van der Waals surface area contributed by atoms with Crippen molar-refractivity contribution in [3.05, 3.63) is 0 Å². The molecular weight excluding hydrogens is 93.1 g/mol. The van der Waals surface area contributed by atoms with Gasteiger partial charge in [-0.25, -0.2) is 4.39 Å². The van der Waals surface area contributed by atoms with Crippen LogP contribution in [0.1, 0.15) is 13.3 Å². The molecule has 0 bridgehead atoms. The van der Waals surface area contributed by atoms with E-state index in [1.165, 1.54) is 6.92 Å². The van der Waals surface area contributed by atoms with Crippen LogP contribution in [0.15, 0.2) is 4.99 Å². The number of nitrogens with zero attached hydrogens (tertiary/aromatic N) is 1. The second-order valence-corrected chi connectivity index (χ2v) is 1.46. The van der Waals surface area contributed by atoms with Gasteiger partial charge < -0.3 is 4.99 Å². The normalized spacial score (nSPS) is 15.3. The standard InChI is InChI=1S/C5H10FN/c1-5(6)3-4-7-2/h4-5H,3H2,1-2H3. The predicted molar refractivity (Wildman–Crippen MR) is 29.6 cm³/mol. The summed E-state index contributed by atoms with van der Waals surface area (Å²) in [4.78, 5) is 3.61. The Balaban J connectivity index is 2.97. The van der Waals surface area contributed by atoms with Gasteiger partial charge in [-0.1, -0.05) is 0 Å². The summed E-state index contributed by atoms with van der Waals surface area (Å²) in [6, 6.07) is 0. The Kier molecular flexibility index (Phi) is 3.56. The highest BCUT2D eigenvalue weighted by Crippen LogP contribution is 1.90. The fourth-order valence-electron chi connectivity index (χ4n) is 0.251. The number of aliphatic imine (C=N–C) groups is 1. The molecular formula is C5H10FN. The third-order valence-electron chi connectivity index (χ3n) is 0.613. The van der Waals surface area contributed by atoms with Crippen LogP contribution in [0, 0.1) is 0 Å². The lowest BCUT2D eigenvalue weighted by molar-refractivity contribution is 0.374. The Bertz CT molecular complexity index is 59.1. The van der Waals surface area contributed by atoms with Crippen LogP contribution < -0.4 is 0 Å². The quantitative estimate of drug-likeness (QED) is 0.469. The Labute approximate surface area is 43.3 Å². The van der Waals surface area contributed by atoms with E-state index in [1.807, 2.05) is 0 Å². The van der Waals surface area contributed by atoms with Crippen molar-refractivity contribution in [3.63, 3.8) is 0 Å². The molecule has 1 nitrogen and oxygen atoms in total. The van der Waals surface area contributed by atoms with E-state index in [0.717, 1.165) is 0 Å². The van der Waals surface area contributed by atoms with Crippen LogP contribution in [-0.2, 0) is 0 Å². The molecule has 0 heterocycles. The summed E-state index contributed by atoms with van der Waals surface area (Å²) in [5, 5.41) is 0. The lowest BCUT2D eigenvalue weighted by Gasteiger charge is -1.88. The second kappa shape index (κ2) is 3.78. The number of alkyl halides is 1. The van der Waals surface area contributed by atoms with E-state index in [1.54, 1.807) is 13.3 Å². The molecule has 0 aliphatic heterocycles. The zero-order valence-corrected chi connectivity index (χ0v) is 4.69. The molecule has 2 heteroatoms. The maximum Gasteiger partial charge on any atom is 0.102 e. The molecule has 1 atom stereocenters. The van der Waals surface area contributed by atoms with Gasteiger partial charge in [-0.3, -0.25) is 0 Å². The predicted octanol–water partition coefficient (Wildman–Crippen LogP) is 1.44. The first kappa shape index (κ1) is 6.60. The van der Waals surface area contributed by atoms with Gasteiger partial charge in [-0.2, -0.15) is 0 Å². The maximum atomic E-state index is 11.8. The molecule has 0 aromatic carbocycles. The lowest BCUT2D eigenvalue weighted by Crippen LogP contribution is -1.90. The molecule has 0 fully saturated rings. The van der Waals surface area contributed by atoms with Crippen molar-refractivity contribution >= 4 is 6.21 Å². The molecule has 0 aromatic heterocycles. The maximum absolute atomic E-state index is 11.8. The van der Waals surface area contributed by atoms with E-state index in [4.69, 9.17) is 0 Å². The minimum atomic E-state index is -0.747. The highest BCUT2D eigenvalue weighted by atomic mass is 19.1. The SMILES string of the molecule is CN=CCC(C)F. The molecule has 0 aliphatic carbocycles. The monoisotopic (exact) mass is 103 g/mol. The topological polar surface area (TPSA) is 12.4 Å². The molecule has 0 radical (unpaired) electrons. The first-order valence-corrected chi connectivity index (χ1v) is 2.32. The van der Waals surface area contributed by atoms with Gasteiger partial charge in [-0.05, 0) is 6.92 Å². The Morgan fingerprint density at radius 1 is 1.86 bits per heavy atom. The van der Waals surface area contributed by atoms with Crippen LogP contribution in [0.4, 0.5) is 4.39 Å². The number of halogens is 1. The van der Waals surface area contributed by atoms with Crippen LogP contribution in [0.3, 0.4) is 0 Å². The summed E-state index contributed by atoms with van der Waals surface area (Å²) in [5.41, 5.74) is 0. The van der Waals surface area contributed by atoms with Gasteiger partial charge in [0.25, 0.3) is 0 Å². The molecule has 42 valence electrons. The molecule has 0 saturated heterocycles. The van der Waals surface area contributed by atoms with Gasteiger partial charge in [-0.15, -0.1) is 0 Å². The van der Waals surface area contributed by atoms with E-state index in [0.29, 0.717) is 6.42 Å². The summed E-state index contributed by atoms with van der Waals surface area (Å²) in [6.45, 7) is 1.52. The average molecular weight is 103 g/mol. The molecule has 0 aliphatic rings. The largest absolute Gasteiger partial charge is 0.301 e. The zero-order valence-electron chi connectivity index (χ0n) is 4.69. The lowest BCUT2D eigenvalue weighted by atomic mass is 10.3. The molecule has 0 N–H and O–H groups in total. The molecule has 0 spiro atoms. The van der Waals surface area contributed by atoms with Gasteiger partial charge in [0.15, 0.2) is 0 Å². The number of rotatable bonds is 2. The van der Waals surface area contributed by atoms with Crippen molar-refractivity contribution in [2.75, 3.05) is 7.05 Å². The highest BCUT2D eigenvalue weighted by Gasteiger charge is 1.89. The van der Waals surface area contributed by atoms with Crippen LogP contribution in [0.2, 0.25) is 0 Å². The molecule has 0 aromatic rings. The molecule has 0 saturated carbocycles. The van der Waals surface area contributed by atoms with E-state index < -0.39 is 6.17 Å². The summed E-state index contributed by atoms with van der Waals surface area (Å²) in [7, 11) is 1.64. The van der Waals surface area contributed by atoms with Crippen molar-refractivity contribution in [2.24, 2.45) is 4.99 Å². The molecule has 7 heavy (non-hydrogen) atoms. The Morgan fingerprint density at radius 3 is 2.57 bits per heavy atom. The van der Waals surface area contributed by atoms with E-state index in [2.05, 4.69) is 4.99 Å². The first-order chi connectivity index (χ1) is 3.27. The third kappa shape index (κ3) is 5.60. The van der Waals surface area contributed by atoms with Gasteiger partial charge in [0, 0.05) is 19.7 Å². The summed E-state index contributed by atoms with van der Waals surface area (Å²) in [6.07, 6.45) is 1.27. The van der Waals surface area contributed by atoms with Crippen LogP contribution in [0.25, 0.3) is 0 Å². The van der Waals surface area contributed by atoms with Crippen LogP contribution in [0.5, 0.6) is 0 Å². The van der Waals surface area contributed by atoms with Gasteiger partial charge in [0.05, 0.1) is 0 Å². The average Bonchev–Trinajstić information content (AvgIpc) is 1.61. The second-order valence-electron chi connectivity index (χ2n) is 1.46. The minimum absolute atomic E-state index is 0.441. The fraction of sp³-hybridized carbons (Fsp3) is 0.800. The fourth-order valence-corrected chi connectivity index (χ4v) is 0.251. The summed E-state index contributed by atoms with van der Waals surface area (Å²) >= 11 is 0. The van der Waals surface area contributed by atoms with Gasteiger partial charge in [0.1, 0.15) is 6.17 Å². The van der Waals surface area contributed by atoms with Crippen LogP contribution >= 0.6 is 0 Å². The molecule has 0 rings (SSSR count). The van der Waals surface area contributed by atoms with Crippen molar-refractivity contribution in [3.8, 4) is 0 Å². The smallest absolute Gasteiger partial charge is 0.102 e. The Hall–Kier alpha value is -0.400. The van der Waals surface area contributed by atoms with Crippen molar-refractivity contribution < 1.29 is 4.39 Å². The van der Waals surface area contributed by atoms with E-state index >= 15 is 0 Å². The van der Waals surface area contributed by atoms with Crippen molar-refractivity contribution in [1.29, 1.82) is 0 Å². The number of hydrogen-bond acceptors (Lipinski definition) is 1. The third-order valence-corrected chi connectivity index (χ3v) is 0.613. The van der Waals surface area contributed by atoms with Crippen molar-refractivity contribution in [2.45, 2.75) is 19.5 Å². The first-order valence-electron chi connectivity index (χ1n) is 2.32. The van der Waals surface area contributed by atoms with Gasteiger partial charge >= 0.3 is 0 Å². The van der Waals surface area contributed by atoms with E-state index in [9.17, 15) is 4.39 Å². The molecule has 1 unspecified atom stereocenters. The summed E-state index contributed by atoms with van der Waals surface area (Å²) in [5.74, 6) is 0.